The van der Waals surface area contributed by atoms with Gasteiger partial charge in [-0.1, -0.05) is 24.3 Å². The number of aliphatic carboxylic acids is 1. The molecule has 0 amide bonds. The van der Waals surface area contributed by atoms with Gasteiger partial charge in [-0.15, -0.1) is 0 Å². The number of esters is 1. The number of benzene rings is 2. The second-order valence-corrected chi connectivity index (χ2v) is 6.63. The quantitative estimate of drug-likeness (QED) is 0.363. The minimum absolute atomic E-state index is 0.171. The third kappa shape index (κ3) is 5.97. The van der Waals surface area contributed by atoms with Gasteiger partial charge in [0.05, 0.1) is 13.2 Å². The van der Waals surface area contributed by atoms with Crippen LogP contribution in [0.2, 0.25) is 0 Å². The van der Waals surface area contributed by atoms with Crippen molar-refractivity contribution in [2.45, 2.75) is 32.2 Å². The molecule has 2 N–H and O–H groups in total. The van der Waals surface area contributed by atoms with Crippen molar-refractivity contribution in [3.63, 3.8) is 0 Å². The summed E-state index contributed by atoms with van der Waals surface area (Å²) in [4.78, 5) is 27.2. The molecule has 0 radical (unpaired) electrons. The van der Waals surface area contributed by atoms with Crippen LogP contribution in [-0.2, 0) is 20.7 Å². The molecule has 158 valence electrons. The molecule has 0 aliphatic heterocycles. The summed E-state index contributed by atoms with van der Waals surface area (Å²) < 4.78 is 16.0. The molecular weight excluding hydrogens is 388 g/mol. The molecule has 8 nitrogen and oxygen atoms in total. The van der Waals surface area contributed by atoms with Crippen molar-refractivity contribution in [1.82, 2.24) is 4.98 Å². The molecule has 1 atom stereocenters. The van der Waals surface area contributed by atoms with Gasteiger partial charge in [-0.05, 0) is 43.2 Å². The van der Waals surface area contributed by atoms with Gasteiger partial charge in [-0.25, -0.2) is 4.79 Å². The standard InChI is InChI=1S/C22H24N2O6/c1-2-28-20(25)8-5-13-29-16-11-9-15(10-12-16)14-18(21(26)27)24-22-23-17-6-3-4-7-19(17)30-22/h3-4,6-7,9-12,18H,2,5,8,13-14H2,1H3,(H,23,24)(H,26,27)/t18-/m0/s1. The smallest absolute Gasteiger partial charge is 0.326 e. The van der Waals surface area contributed by atoms with Crippen LogP contribution in [0.3, 0.4) is 0 Å². The number of fused-ring (bicyclic) bond motifs is 1. The molecule has 0 saturated carbocycles. The maximum atomic E-state index is 11.7. The van der Waals surface area contributed by atoms with Crippen LogP contribution < -0.4 is 10.1 Å². The van der Waals surface area contributed by atoms with Crippen LogP contribution in [0, 0.1) is 0 Å². The van der Waals surface area contributed by atoms with Crippen molar-refractivity contribution in [3.8, 4) is 5.75 Å². The van der Waals surface area contributed by atoms with E-state index in [0.29, 0.717) is 42.9 Å². The number of carboxylic acids is 1. The average Bonchev–Trinajstić information content (AvgIpc) is 3.14. The van der Waals surface area contributed by atoms with Gasteiger partial charge < -0.3 is 24.3 Å². The van der Waals surface area contributed by atoms with Gasteiger partial charge in [-0.3, -0.25) is 4.79 Å². The third-order valence-corrected chi connectivity index (χ3v) is 4.35. The van der Waals surface area contributed by atoms with E-state index in [0.717, 1.165) is 5.56 Å². The Labute approximate surface area is 173 Å². The number of anilines is 1. The molecule has 0 fully saturated rings. The molecule has 8 heteroatoms. The highest BCUT2D eigenvalue weighted by Gasteiger charge is 2.20. The average molecular weight is 412 g/mol. The number of aromatic nitrogens is 1. The molecule has 0 unspecified atom stereocenters. The van der Waals surface area contributed by atoms with E-state index in [2.05, 4.69) is 10.3 Å². The van der Waals surface area contributed by atoms with E-state index >= 15 is 0 Å². The van der Waals surface area contributed by atoms with Crippen LogP contribution in [0.15, 0.2) is 52.9 Å². The van der Waals surface area contributed by atoms with E-state index in [1.807, 2.05) is 24.3 Å². The molecule has 0 bridgehead atoms. The Bertz CT molecular complexity index is 950. The summed E-state index contributed by atoms with van der Waals surface area (Å²) in [5.74, 6) is -0.583. The lowest BCUT2D eigenvalue weighted by atomic mass is 10.1. The molecule has 0 spiro atoms. The molecule has 1 heterocycles. The Kier molecular flexibility index (Phi) is 7.26. The molecular formula is C22H24N2O6. The van der Waals surface area contributed by atoms with E-state index in [9.17, 15) is 14.7 Å². The van der Waals surface area contributed by atoms with Gasteiger partial charge in [0.15, 0.2) is 5.58 Å². The molecule has 0 saturated heterocycles. The zero-order valence-corrected chi connectivity index (χ0v) is 16.7. The first kappa shape index (κ1) is 21.2. The Balaban J connectivity index is 1.53. The number of ether oxygens (including phenoxy) is 2. The molecule has 0 aliphatic carbocycles. The normalized spacial score (nSPS) is 11.8. The first-order chi connectivity index (χ1) is 14.5. The van der Waals surface area contributed by atoms with Crippen LogP contribution in [0.1, 0.15) is 25.3 Å². The second-order valence-electron chi connectivity index (χ2n) is 6.63. The Morgan fingerprint density at radius 2 is 1.93 bits per heavy atom. The van der Waals surface area contributed by atoms with Crippen LogP contribution in [-0.4, -0.2) is 41.3 Å². The summed E-state index contributed by atoms with van der Waals surface area (Å²) >= 11 is 0. The zero-order valence-electron chi connectivity index (χ0n) is 16.7. The van der Waals surface area contributed by atoms with Crippen molar-refractivity contribution in [3.05, 3.63) is 54.1 Å². The molecule has 0 aliphatic rings. The lowest BCUT2D eigenvalue weighted by Crippen LogP contribution is -2.31. The molecule has 3 aromatic rings. The summed E-state index contributed by atoms with van der Waals surface area (Å²) in [6.45, 7) is 2.54. The number of carboxylic acid groups (broad SMARTS) is 1. The van der Waals surface area contributed by atoms with Crippen LogP contribution in [0.4, 0.5) is 6.01 Å². The maximum absolute atomic E-state index is 11.7. The van der Waals surface area contributed by atoms with E-state index in [1.54, 1.807) is 31.2 Å². The Morgan fingerprint density at radius 1 is 1.17 bits per heavy atom. The summed E-state index contributed by atoms with van der Waals surface area (Å²) in [6.07, 6.45) is 1.13. The van der Waals surface area contributed by atoms with Gasteiger partial charge >= 0.3 is 11.9 Å². The fraction of sp³-hybridized carbons (Fsp3) is 0.318. The van der Waals surface area contributed by atoms with E-state index in [-0.39, 0.29) is 18.4 Å². The number of carbonyl (C=O) groups excluding carboxylic acids is 1. The highest BCUT2D eigenvalue weighted by atomic mass is 16.5. The van der Waals surface area contributed by atoms with Gasteiger partial charge in [0.2, 0.25) is 0 Å². The second kappa shape index (κ2) is 10.3. The predicted octanol–water partition coefficient (Wildman–Crippen LogP) is 3.66. The summed E-state index contributed by atoms with van der Waals surface area (Å²) in [7, 11) is 0. The minimum Gasteiger partial charge on any atom is -0.494 e. The number of hydrogen-bond donors (Lipinski definition) is 2. The maximum Gasteiger partial charge on any atom is 0.326 e. The van der Waals surface area contributed by atoms with E-state index in [1.165, 1.54) is 0 Å². The number of carbonyl (C=O) groups is 2. The van der Waals surface area contributed by atoms with Crippen molar-refractivity contribution in [2.75, 3.05) is 18.5 Å². The number of oxazole rings is 1. The van der Waals surface area contributed by atoms with Crippen LogP contribution >= 0.6 is 0 Å². The summed E-state index contributed by atoms with van der Waals surface area (Å²) in [6, 6.07) is 13.7. The first-order valence-electron chi connectivity index (χ1n) is 9.77. The summed E-state index contributed by atoms with van der Waals surface area (Å²) in [5, 5.41) is 12.4. The van der Waals surface area contributed by atoms with Gasteiger partial charge in [0.1, 0.15) is 17.3 Å². The third-order valence-electron chi connectivity index (χ3n) is 4.35. The molecule has 30 heavy (non-hydrogen) atoms. The topological polar surface area (TPSA) is 111 Å². The Morgan fingerprint density at radius 3 is 2.63 bits per heavy atom. The highest BCUT2D eigenvalue weighted by Crippen LogP contribution is 2.20. The lowest BCUT2D eigenvalue weighted by molar-refractivity contribution is -0.143. The predicted molar refractivity (Wildman–Crippen MR) is 111 cm³/mol. The largest absolute Gasteiger partial charge is 0.494 e. The molecule has 2 aromatic carbocycles. The summed E-state index contributed by atoms with van der Waals surface area (Å²) in [5.41, 5.74) is 2.08. The monoisotopic (exact) mass is 412 g/mol. The van der Waals surface area contributed by atoms with E-state index in [4.69, 9.17) is 13.9 Å². The fourth-order valence-electron chi connectivity index (χ4n) is 2.88. The number of nitrogens with zero attached hydrogens (tertiary/aromatic N) is 1. The number of para-hydroxylation sites is 2. The number of hydrogen-bond acceptors (Lipinski definition) is 7. The fourth-order valence-corrected chi connectivity index (χ4v) is 2.88. The minimum atomic E-state index is -1.00. The van der Waals surface area contributed by atoms with Crippen molar-refractivity contribution in [1.29, 1.82) is 0 Å². The Hall–Kier alpha value is -3.55. The van der Waals surface area contributed by atoms with Gasteiger partial charge in [0.25, 0.3) is 6.01 Å². The van der Waals surface area contributed by atoms with Gasteiger partial charge in [-0.2, -0.15) is 4.98 Å². The van der Waals surface area contributed by atoms with Crippen molar-refractivity contribution >= 4 is 29.1 Å². The van der Waals surface area contributed by atoms with Gasteiger partial charge in [0, 0.05) is 12.8 Å². The molecule has 1 aromatic heterocycles. The van der Waals surface area contributed by atoms with Crippen molar-refractivity contribution in [2.24, 2.45) is 0 Å². The first-order valence-corrected chi connectivity index (χ1v) is 9.77. The van der Waals surface area contributed by atoms with Crippen LogP contribution in [0.25, 0.3) is 11.1 Å². The zero-order chi connectivity index (χ0) is 21.3. The number of rotatable bonds is 11. The highest BCUT2D eigenvalue weighted by molar-refractivity contribution is 5.78. The van der Waals surface area contributed by atoms with E-state index < -0.39 is 12.0 Å². The lowest BCUT2D eigenvalue weighted by Gasteiger charge is -2.13. The SMILES string of the molecule is CCOC(=O)CCCOc1ccc(C[C@H](Nc2nc3ccccc3o2)C(=O)O)cc1. The van der Waals surface area contributed by atoms with Crippen LogP contribution in [0.5, 0.6) is 5.75 Å². The molecule has 3 rings (SSSR count). The number of nitrogens with one attached hydrogen (secondary N) is 1. The van der Waals surface area contributed by atoms with Crippen molar-refractivity contribution < 1.29 is 28.6 Å².